The molecule has 0 N–H and O–H groups in total. The van der Waals surface area contributed by atoms with Gasteiger partial charge in [0.1, 0.15) is 23.9 Å². The minimum Gasteiger partial charge on any atom is -0.711 e. The van der Waals surface area contributed by atoms with E-state index in [-0.39, 0.29) is 11.5 Å². The topological polar surface area (TPSA) is 128 Å². The number of rotatable bonds is 6. The number of hydrogen-bond donors (Lipinski definition) is 0. The summed E-state index contributed by atoms with van der Waals surface area (Å²) in [6.07, 6.45) is 0. The van der Waals surface area contributed by atoms with E-state index in [9.17, 15) is 24.9 Å². The first-order valence-corrected chi connectivity index (χ1v) is 11.0. The minimum atomic E-state index is -1.48. The van der Waals surface area contributed by atoms with Gasteiger partial charge in [0, 0.05) is 39.8 Å². The van der Waals surface area contributed by atoms with Crippen LogP contribution in [0.2, 0.25) is 0 Å². The number of aromatic nitrogens is 2. The van der Waals surface area contributed by atoms with Crippen molar-refractivity contribution in [3.05, 3.63) is 98.3 Å². The monoisotopic (exact) mass is 479 g/mol. The third-order valence-corrected chi connectivity index (χ3v) is 6.18. The standard InChI is InChI=1S/C25H25N3O7/c1-15-16(2)27(31)22(26(15)14-17-8-6-5-7-9-17)20(18-10-12-19(13-11-18)28(32)33)21-23(29)34-25(3,4)35-24(21)30/h5-13,20-21H,14H2,1-4H3. The molecule has 3 aromatic rings. The summed E-state index contributed by atoms with van der Waals surface area (Å²) in [5.74, 6) is -5.57. The molecule has 0 spiro atoms. The minimum absolute atomic E-state index is 0.135. The molecule has 182 valence electrons. The van der Waals surface area contributed by atoms with Crippen molar-refractivity contribution >= 4 is 17.6 Å². The van der Waals surface area contributed by atoms with Gasteiger partial charge in [-0.3, -0.25) is 19.7 Å². The van der Waals surface area contributed by atoms with Crippen LogP contribution in [0.3, 0.4) is 0 Å². The second-order valence-corrected chi connectivity index (χ2v) is 8.94. The predicted molar refractivity (Wildman–Crippen MR) is 123 cm³/mol. The van der Waals surface area contributed by atoms with E-state index >= 15 is 0 Å². The van der Waals surface area contributed by atoms with Crippen molar-refractivity contribution in [1.29, 1.82) is 0 Å². The van der Waals surface area contributed by atoms with E-state index in [0.717, 1.165) is 5.56 Å². The first kappa shape index (κ1) is 23.9. The second kappa shape index (κ2) is 8.86. The Morgan fingerprint density at radius 1 is 1.03 bits per heavy atom. The fourth-order valence-corrected chi connectivity index (χ4v) is 4.35. The van der Waals surface area contributed by atoms with Crippen LogP contribution in [0.25, 0.3) is 0 Å². The number of nitro benzene ring substituents is 1. The molecule has 0 amide bonds. The molecule has 0 radical (unpaired) electrons. The molecule has 2 aromatic carbocycles. The summed E-state index contributed by atoms with van der Waals surface area (Å²) in [4.78, 5) is 36.8. The summed E-state index contributed by atoms with van der Waals surface area (Å²) in [7, 11) is 0. The molecule has 10 nitrogen and oxygen atoms in total. The highest BCUT2D eigenvalue weighted by molar-refractivity contribution is 5.98. The van der Waals surface area contributed by atoms with Gasteiger partial charge in [-0.25, -0.2) is 9.30 Å². The van der Waals surface area contributed by atoms with Gasteiger partial charge in [-0.15, -0.1) is 0 Å². The Morgan fingerprint density at radius 3 is 2.14 bits per heavy atom. The first-order chi connectivity index (χ1) is 16.5. The van der Waals surface area contributed by atoms with E-state index in [0.29, 0.717) is 28.2 Å². The third kappa shape index (κ3) is 4.46. The molecule has 0 aliphatic carbocycles. The number of hydrogen-bond acceptors (Lipinski definition) is 7. The summed E-state index contributed by atoms with van der Waals surface area (Å²) in [5.41, 5.74) is 2.17. The van der Waals surface area contributed by atoms with Gasteiger partial charge in [0.25, 0.3) is 17.3 Å². The van der Waals surface area contributed by atoms with Crippen LogP contribution in [0.1, 0.15) is 48.1 Å². The summed E-state index contributed by atoms with van der Waals surface area (Å²) in [5, 5.41) is 24.6. The molecule has 1 atom stereocenters. The van der Waals surface area contributed by atoms with Gasteiger partial charge in [0.05, 0.1) is 4.92 Å². The summed E-state index contributed by atoms with van der Waals surface area (Å²) in [6.45, 7) is 6.63. The number of nitrogens with zero attached hydrogens (tertiary/aromatic N) is 3. The maximum absolute atomic E-state index is 13.5. The molecule has 1 aliphatic rings. The highest BCUT2D eigenvalue weighted by atomic mass is 16.7. The average Bonchev–Trinajstić information content (AvgIpc) is 3.00. The maximum atomic E-state index is 13.5. The molecular formula is C25H25N3O7. The van der Waals surface area contributed by atoms with E-state index in [1.54, 1.807) is 18.4 Å². The van der Waals surface area contributed by atoms with Gasteiger partial charge in [-0.2, -0.15) is 0 Å². The van der Waals surface area contributed by atoms with E-state index in [1.807, 2.05) is 30.3 Å². The van der Waals surface area contributed by atoms with Gasteiger partial charge < -0.3 is 14.7 Å². The first-order valence-electron chi connectivity index (χ1n) is 11.0. The summed E-state index contributed by atoms with van der Waals surface area (Å²) < 4.78 is 13.2. The Hall–Kier alpha value is -4.21. The number of carbonyl (C=O) groups is 2. The van der Waals surface area contributed by atoms with Crippen LogP contribution in [-0.4, -0.2) is 27.2 Å². The Balaban J connectivity index is 1.92. The van der Waals surface area contributed by atoms with Crippen LogP contribution in [-0.2, 0) is 25.6 Å². The lowest BCUT2D eigenvalue weighted by atomic mass is 9.84. The Morgan fingerprint density at radius 2 is 1.60 bits per heavy atom. The molecular weight excluding hydrogens is 454 g/mol. The molecule has 1 aromatic heterocycles. The van der Waals surface area contributed by atoms with Crippen molar-refractivity contribution in [3.8, 4) is 0 Å². The smallest absolute Gasteiger partial charge is 0.324 e. The van der Waals surface area contributed by atoms with Crippen LogP contribution in [0.5, 0.6) is 0 Å². The van der Waals surface area contributed by atoms with Gasteiger partial charge in [0.2, 0.25) is 0 Å². The molecule has 35 heavy (non-hydrogen) atoms. The van der Waals surface area contributed by atoms with E-state index in [1.165, 1.54) is 38.1 Å². The third-order valence-electron chi connectivity index (χ3n) is 6.18. The Bertz CT molecular complexity index is 1280. The van der Waals surface area contributed by atoms with Gasteiger partial charge >= 0.3 is 11.9 Å². The number of ether oxygens (including phenoxy) is 2. The zero-order chi connectivity index (χ0) is 25.5. The number of benzene rings is 2. The van der Waals surface area contributed by atoms with Gasteiger partial charge in [0.15, 0.2) is 5.92 Å². The zero-order valence-corrected chi connectivity index (χ0v) is 19.8. The zero-order valence-electron chi connectivity index (χ0n) is 19.8. The fourth-order valence-electron chi connectivity index (χ4n) is 4.35. The van der Waals surface area contributed by atoms with Crippen molar-refractivity contribution in [3.63, 3.8) is 0 Å². The van der Waals surface area contributed by atoms with Crippen LogP contribution in [0.4, 0.5) is 5.69 Å². The SMILES string of the molecule is Cc1c(C)[n+]([O-])c(C(c2ccc([N+](=O)[O-])cc2)C2C(=O)OC(C)(C)OC2=O)n1Cc1ccccc1. The molecule has 1 unspecified atom stereocenters. The lowest BCUT2D eigenvalue weighted by molar-refractivity contribution is -0.621. The van der Waals surface area contributed by atoms with Crippen LogP contribution in [0.15, 0.2) is 54.6 Å². The second-order valence-electron chi connectivity index (χ2n) is 8.94. The number of cyclic esters (lactones) is 2. The van der Waals surface area contributed by atoms with Crippen molar-refractivity contribution in [1.82, 2.24) is 4.57 Å². The fraction of sp³-hybridized carbons (Fsp3) is 0.320. The molecule has 0 bridgehead atoms. The predicted octanol–water partition coefficient (Wildman–Crippen LogP) is 3.28. The normalized spacial score (nSPS) is 16.5. The molecule has 2 heterocycles. The highest BCUT2D eigenvalue weighted by Gasteiger charge is 2.52. The largest absolute Gasteiger partial charge is 0.711 e. The highest BCUT2D eigenvalue weighted by Crippen LogP contribution is 2.38. The quantitative estimate of drug-likeness (QED) is 0.133. The van der Waals surface area contributed by atoms with Crippen molar-refractivity contribution in [2.24, 2.45) is 5.92 Å². The lowest BCUT2D eigenvalue weighted by Crippen LogP contribution is -2.50. The van der Waals surface area contributed by atoms with E-state index in [2.05, 4.69) is 0 Å². The van der Waals surface area contributed by atoms with Crippen molar-refractivity contribution in [2.75, 3.05) is 0 Å². The molecule has 10 heteroatoms. The molecule has 0 saturated carbocycles. The maximum Gasteiger partial charge on any atom is 0.324 e. The average molecular weight is 479 g/mol. The van der Waals surface area contributed by atoms with Gasteiger partial charge in [-0.1, -0.05) is 42.5 Å². The van der Waals surface area contributed by atoms with Crippen LogP contribution < -0.4 is 4.73 Å². The van der Waals surface area contributed by atoms with Crippen molar-refractivity contribution in [2.45, 2.75) is 45.9 Å². The Kier molecular flexibility index (Phi) is 6.06. The van der Waals surface area contributed by atoms with Crippen LogP contribution in [0, 0.1) is 35.1 Å². The molecule has 1 saturated heterocycles. The molecule has 1 aliphatic heterocycles. The molecule has 4 rings (SSSR count). The number of non-ortho nitro benzene ring substituents is 1. The summed E-state index contributed by atoms with van der Waals surface area (Å²) in [6, 6.07) is 14.8. The Labute approximate surface area is 201 Å². The molecule has 1 fully saturated rings. The number of nitro groups is 1. The number of esters is 2. The number of imidazole rings is 1. The van der Waals surface area contributed by atoms with E-state index in [4.69, 9.17) is 9.47 Å². The number of carbonyl (C=O) groups excluding carboxylic acids is 2. The van der Waals surface area contributed by atoms with Gasteiger partial charge in [-0.05, 0) is 11.1 Å². The van der Waals surface area contributed by atoms with E-state index < -0.39 is 34.5 Å². The summed E-state index contributed by atoms with van der Waals surface area (Å²) >= 11 is 0. The van der Waals surface area contributed by atoms with Crippen LogP contribution >= 0.6 is 0 Å². The lowest BCUT2D eigenvalue weighted by Gasteiger charge is -2.35. The van der Waals surface area contributed by atoms with Crippen molar-refractivity contribution < 1.29 is 28.7 Å².